The lowest BCUT2D eigenvalue weighted by molar-refractivity contribution is -0.118. The number of para-hydroxylation sites is 1. The molecule has 2 rings (SSSR count). The van der Waals surface area contributed by atoms with Gasteiger partial charge in [0, 0.05) is 0 Å². The maximum absolute atomic E-state index is 11.6. The molecule has 0 fully saturated rings. The molecule has 98 valence electrons. The van der Waals surface area contributed by atoms with Gasteiger partial charge in [0.1, 0.15) is 11.8 Å². The quantitative estimate of drug-likeness (QED) is 0.804. The van der Waals surface area contributed by atoms with Gasteiger partial charge in [0.15, 0.2) is 0 Å². The van der Waals surface area contributed by atoms with Crippen LogP contribution in [-0.2, 0) is 4.79 Å². The average Bonchev–Trinajstić information content (AvgIpc) is 2.39. The third kappa shape index (κ3) is 3.17. The van der Waals surface area contributed by atoms with Gasteiger partial charge in [0.25, 0.3) is 0 Å². The maximum atomic E-state index is 11.6. The summed E-state index contributed by atoms with van der Waals surface area (Å²) in [6.07, 6.45) is 0. The first-order chi connectivity index (χ1) is 9.08. The molecule has 19 heavy (non-hydrogen) atoms. The highest BCUT2D eigenvalue weighted by atomic mass is 35.5. The summed E-state index contributed by atoms with van der Waals surface area (Å²) in [5.74, 6) is -0.393. The molecule has 2 aromatic carbocycles. The summed E-state index contributed by atoms with van der Waals surface area (Å²) >= 11 is 6.03. The number of rotatable bonds is 4. The zero-order valence-corrected chi connectivity index (χ0v) is 10.8. The standard InChI is InChI=1S/C14H13ClN2O2/c15-11-3-1-2-4-12(11)17-13(14(16)19)9-5-7-10(18)8-6-9/h1-8,13,17-18H,(H2,16,19). The Labute approximate surface area is 115 Å². The normalized spacial score (nSPS) is 11.8. The van der Waals surface area contributed by atoms with Gasteiger partial charge < -0.3 is 16.2 Å². The Morgan fingerprint density at radius 1 is 1.16 bits per heavy atom. The van der Waals surface area contributed by atoms with Crippen LogP contribution in [-0.4, -0.2) is 11.0 Å². The van der Waals surface area contributed by atoms with Crippen LogP contribution >= 0.6 is 11.6 Å². The van der Waals surface area contributed by atoms with E-state index >= 15 is 0 Å². The molecular weight excluding hydrogens is 264 g/mol. The number of anilines is 1. The molecule has 0 spiro atoms. The number of carbonyl (C=O) groups excluding carboxylic acids is 1. The van der Waals surface area contributed by atoms with Crippen molar-refractivity contribution in [3.05, 3.63) is 59.1 Å². The van der Waals surface area contributed by atoms with Crippen LogP contribution in [0, 0.1) is 0 Å². The summed E-state index contributed by atoms with van der Waals surface area (Å²) in [5, 5.41) is 12.8. The van der Waals surface area contributed by atoms with Crippen LogP contribution in [0.2, 0.25) is 5.02 Å². The van der Waals surface area contributed by atoms with Crippen molar-refractivity contribution < 1.29 is 9.90 Å². The Bertz CT molecular complexity index is 584. The number of hydrogen-bond acceptors (Lipinski definition) is 3. The van der Waals surface area contributed by atoms with E-state index in [2.05, 4.69) is 5.32 Å². The van der Waals surface area contributed by atoms with Crippen molar-refractivity contribution in [2.45, 2.75) is 6.04 Å². The second kappa shape index (κ2) is 5.63. The molecule has 0 aromatic heterocycles. The third-order valence-corrected chi connectivity index (χ3v) is 3.01. The molecule has 1 unspecified atom stereocenters. The first kappa shape index (κ1) is 13.2. The zero-order valence-electron chi connectivity index (χ0n) is 10.0. The number of benzene rings is 2. The van der Waals surface area contributed by atoms with E-state index in [1.165, 1.54) is 12.1 Å². The highest BCUT2D eigenvalue weighted by Crippen LogP contribution is 2.26. The predicted molar refractivity (Wildman–Crippen MR) is 75.1 cm³/mol. The number of primary amides is 1. The summed E-state index contributed by atoms with van der Waals surface area (Å²) in [6, 6.07) is 12.6. The van der Waals surface area contributed by atoms with E-state index in [1.807, 2.05) is 6.07 Å². The fourth-order valence-electron chi connectivity index (χ4n) is 1.72. The first-order valence-corrected chi connectivity index (χ1v) is 6.05. The van der Waals surface area contributed by atoms with E-state index in [4.69, 9.17) is 17.3 Å². The molecular formula is C14H13ClN2O2. The first-order valence-electron chi connectivity index (χ1n) is 5.67. The summed E-state index contributed by atoms with van der Waals surface area (Å²) in [4.78, 5) is 11.6. The third-order valence-electron chi connectivity index (χ3n) is 2.68. The molecule has 4 nitrogen and oxygen atoms in total. The highest BCUT2D eigenvalue weighted by Gasteiger charge is 2.18. The maximum Gasteiger partial charge on any atom is 0.244 e. The minimum absolute atomic E-state index is 0.129. The van der Waals surface area contributed by atoms with Gasteiger partial charge >= 0.3 is 0 Å². The van der Waals surface area contributed by atoms with Gasteiger partial charge in [-0.05, 0) is 29.8 Å². The Morgan fingerprint density at radius 3 is 2.37 bits per heavy atom. The van der Waals surface area contributed by atoms with Gasteiger partial charge in [0.2, 0.25) is 5.91 Å². The SMILES string of the molecule is NC(=O)C(Nc1ccccc1Cl)c1ccc(O)cc1. The second-order valence-electron chi connectivity index (χ2n) is 4.05. The van der Waals surface area contributed by atoms with Crippen LogP contribution in [0.25, 0.3) is 0 Å². The molecule has 0 radical (unpaired) electrons. The van der Waals surface area contributed by atoms with E-state index < -0.39 is 11.9 Å². The Hall–Kier alpha value is -2.20. The lowest BCUT2D eigenvalue weighted by Gasteiger charge is -2.18. The molecule has 4 N–H and O–H groups in total. The van der Waals surface area contributed by atoms with Crippen molar-refractivity contribution in [3.63, 3.8) is 0 Å². The van der Waals surface area contributed by atoms with Crippen LogP contribution in [0.5, 0.6) is 5.75 Å². The largest absolute Gasteiger partial charge is 0.508 e. The van der Waals surface area contributed by atoms with Crippen molar-refractivity contribution in [1.82, 2.24) is 0 Å². The van der Waals surface area contributed by atoms with Crippen molar-refractivity contribution in [2.75, 3.05) is 5.32 Å². The summed E-state index contributed by atoms with van der Waals surface area (Å²) < 4.78 is 0. The van der Waals surface area contributed by atoms with Gasteiger partial charge in [-0.3, -0.25) is 4.79 Å². The van der Waals surface area contributed by atoms with Crippen LogP contribution in [0.15, 0.2) is 48.5 Å². The fourth-order valence-corrected chi connectivity index (χ4v) is 1.91. The number of aromatic hydroxyl groups is 1. The number of phenols is 1. The van der Waals surface area contributed by atoms with Crippen LogP contribution in [0.4, 0.5) is 5.69 Å². The van der Waals surface area contributed by atoms with Crippen molar-refractivity contribution in [1.29, 1.82) is 0 Å². The number of nitrogens with two attached hydrogens (primary N) is 1. The molecule has 1 atom stereocenters. The number of phenolic OH excluding ortho intramolecular Hbond substituents is 1. The zero-order chi connectivity index (χ0) is 13.8. The monoisotopic (exact) mass is 276 g/mol. The molecule has 1 amide bonds. The number of halogens is 1. The number of nitrogens with one attached hydrogen (secondary N) is 1. The Morgan fingerprint density at radius 2 is 1.79 bits per heavy atom. The molecule has 0 bridgehead atoms. The fraction of sp³-hybridized carbons (Fsp3) is 0.0714. The average molecular weight is 277 g/mol. The summed E-state index contributed by atoms with van der Waals surface area (Å²) in [6.45, 7) is 0. The molecule has 0 aliphatic heterocycles. The number of amides is 1. The van der Waals surface area contributed by atoms with Gasteiger partial charge in [-0.15, -0.1) is 0 Å². The number of hydrogen-bond donors (Lipinski definition) is 3. The topological polar surface area (TPSA) is 75.4 Å². The Balaban J connectivity index is 2.29. The number of carbonyl (C=O) groups is 1. The lowest BCUT2D eigenvalue weighted by atomic mass is 10.1. The van der Waals surface area contributed by atoms with Gasteiger partial charge in [-0.25, -0.2) is 0 Å². The van der Waals surface area contributed by atoms with E-state index in [0.717, 1.165) is 0 Å². The van der Waals surface area contributed by atoms with Crippen LogP contribution in [0.1, 0.15) is 11.6 Å². The minimum Gasteiger partial charge on any atom is -0.508 e. The highest BCUT2D eigenvalue weighted by molar-refractivity contribution is 6.33. The van der Waals surface area contributed by atoms with Gasteiger partial charge in [0.05, 0.1) is 10.7 Å². The van der Waals surface area contributed by atoms with E-state index in [9.17, 15) is 9.90 Å². The van der Waals surface area contributed by atoms with Crippen molar-refractivity contribution in [2.24, 2.45) is 5.73 Å². The molecule has 0 heterocycles. The minimum atomic E-state index is -0.708. The van der Waals surface area contributed by atoms with Crippen LogP contribution in [0.3, 0.4) is 0 Å². The molecule has 0 aliphatic carbocycles. The van der Waals surface area contributed by atoms with Gasteiger partial charge in [-0.2, -0.15) is 0 Å². The van der Waals surface area contributed by atoms with Crippen molar-refractivity contribution in [3.8, 4) is 5.75 Å². The molecule has 2 aromatic rings. The predicted octanol–water partition coefficient (Wildman–Crippen LogP) is 2.68. The summed E-state index contributed by atoms with van der Waals surface area (Å²) in [5.41, 5.74) is 6.68. The molecule has 0 saturated heterocycles. The van der Waals surface area contributed by atoms with Crippen LogP contribution < -0.4 is 11.1 Å². The second-order valence-corrected chi connectivity index (χ2v) is 4.46. The molecule has 0 saturated carbocycles. The molecule has 0 aliphatic rings. The smallest absolute Gasteiger partial charge is 0.244 e. The lowest BCUT2D eigenvalue weighted by Crippen LogP contribution is -2.27. The van der Waals surface area contributed by atoms with E-state index in [1.54, 1.807) is 30.3 Å². The van der Waals surface area contributed by atoms with E-state index in [-0.39, 0.29) is 5.75 Å². The Kier molecular flexibility index (Phi) is 3.92. The van der Waals surface area contributed by atoms with E-state index in [0.29, 0.717) is 16.3 Å². The van der Waals surface area contributed by atoms with Crippen molar-refractivity contribution >= 4 is 23.2 Å². The summed E-state index contributed by atoms with van der Waals surface area (Å²) in [7, 11) is 0. The molecule has 5 heteroatoms. The van der Waals surface area contributed by atoms with Gasteiger partial charge in [-0.1, -0.05) is 35.9 Å².